The fourth-order valence-corrected chi connectivity index (χ4v) is 0.517. The van der Waals surface area contributed by atoms with Crippen molar-refractivity contribution in [3.05, 3.63) is 23.7 Å². The van der Waals surface area contributed by atoms with E-state index in [0.29, 0.717) is 5.56 Å². The molecule has 1 heterocycles. The van der Waals surface area contributed by atoms with E-state index in [4.69, 9.17) is 10.4 Å². The highest BCUT2D eigenvalue weighted by molar-refractivity contribution is 5.21. The lowest BCUT2D eigenvalue weighted by molar-refractivity contribution is 0.280. The van der Waals surface area contributed by atoms with Crippen LogP contribution in [-0.2, 0) is 6.61 Å². The number of rotatable bonds is 1. The molecule has 1 rings (SSSR count). The average Bonchev–Trinajstić information content (AvgIpc) is 2.34. The smallest absolute Gasteiger partial charge is 0.203 e. The molecule has 0 bridgehead atoms. The highest BCUT2D eigenvalue weighted by Gasteiger charge is 1.96. The first-order valence-corrected chi connectivity index (χ1v) is 2.45. The van der Waals surface area contributed by atoms with Crippen LogP contribution in [0.15, 0.2) is 16.7 Å². The summed E-state index contributed by atoms with van der Waals surface area (Å²) in [6, 6.07) is 3.30. The Morgan fingerprint density at radius 1 is 1.78 bits per heavy atom. The van der Waals surface area contributed by atoms with Crippen molar-refractivity contribution in [2.45, 2.75) is 6.61 Å². The summed E-state index contributed by atoms with van der Waals surface area (Å²) in [6.07, 6.45) is 1.36. The average molecular weight is 123 g/mol. The molecule has 0 fully saturated rings. The number of furan rings is 1. The van der Waals surface area contributed by atoms with Crippen molar-refractivity contribution >= 4 is 0 Å². The second-order valence-corrected chi connectivity index (χ2v) is 1.59. The summed E-state index contributed by atoms with van der Waals surface area (Å²) in [5.74, 6) is 0.235. The quantitative estimate of drug-likeness (QED) is 0.596. The minimum atomic E-state index is -0.0782. The topological polar surface area (TPSA) is 57.2 Å². The zero-order valence-corrected chi connectivity index (χ0v) is 4.66. The lowest BCUT2D eigenvalue weighted by atomic mass is 10.3. The molecule has 0 atom stereocenters. The minimum absolute atomic E-state index is 0.0782. The second kappa shape index (κ2) is 2.33. The minimum Gasteiger partial charge on any atom is -0.453 e. The van der Waals surface area contributed by atoms with Gasteiger partial charge in [0.05, 0.1) is 12.9 Å². The number of hydrogen-bond acceptors (Lipinski definition) is 3. The summed E-state index contributed by atoms with van der Waals surface area (Å²) in [7, 11) is 0. The number of nitrogens with zero attached hydrogens (tertiary/aromatic N) is 1. The van der Waals surface area contributed by atoms with Gasteiger partial charge in [0.25, 0.3) is 0 Å². The molecule has 0 radical (unpaired) electrons. The van der Waals surface area contributed by atoms with Crippen molar-refractivity contribution in [2.75, 3.05) is 0 Å². The molecule has 0 saturated heterocycles. The molecule has 1 aromatic heterocycles. The second-order valence-electron chi connectivity index (χ2n) is 1.59. The summed E-state index contributed by atoms with van der Waals surface area (Å²) < 4.78 is 4.68. The first-order chi connectivity index (χ1) is 4.36. The maximum Gasteiger partial charge on any atom is 0.203 e. The van der Waals surface area contributed by atoms with Crippen LogP contribution in [-0.4, -0.2) is 5.11 Å². The Balaban J connectivity index is 2.90. The van der Waals surface area contributed by atoms with Gasteiger partial charge in [-0.15, -0.1) is 0 Å². The van der Waals surface area contributed by atoms with Crippen LogP contribution in [0.1, 0.15) is 11.3 Å². The van der Waals surface area contributed by atoms with E-state index in [9.17, 15) is 0 Å². The third-order valence-electron chi connectivity index (χ3n) is 0.947. The van der Waals surface area contributed by atoms with Gasteiger partial charge in [-0.3, -0.25) is 0 Å². The molecule has 0 unspecified atom stereocenters. The molecule has 0 amide bonds. The van der Waals surface area contributed by atoms with E-state index < -0.39 is 0 Å². The molecule has 9 heavy (non-hydrogen) atoms. The van der Waals surface area contributed by atoms with Gasteiger partial charge in [0.1, 0.15) is 6.07 Å². The zero-order valence-electron chi connectivity index (χ0n) is 4.66. The number of hydrogen-bond donors (Lipinski definition) is 1. The maximum absolute atomic E-state index is 8.48. The number of aliphatic hydroxyl groups excluding tert-OH is 1. The SMILES string of the molecule is N#Cc1cc(CO)co1. The van der Waals surface area contributed by atoms with E-state index >= 15 is 0 Å². The molecule has 46 valence electrons. The monoisotopic (exact) mass is 123 g/mol. The fourth-order valence-electron chi connectivity index (χ4n) is 0.517. The van der Waals surface area contributed by atoms with Crippen LogP contribution in [0.25, 0.3) is 0 Å². The standard InChI is InChI=1S/C6H5NO2/c7-2-6-1-5(3-8)4-9-6/h1,4,8H,3H2. The van der Waals surface area contributed by atoms with E-state index in [1.54, 1.807) is 6.07 Å². The molecular formula is C6H5NO2. The molecule has 1 aromatic rings. The molecule has 0 aliphatic carbocycles. The molecule has 0 aliphatic rings. The first kappa shape index (κ1) is 5.86. The normalized spacial score (nSPS) is 8.89. The van der Waals surface area contributed by atoms with Gasteiger partial charge in [-0.25, -0.2) is 0 Å². The molecule has 3 heteroatoms. The van der Waals surface area contributed by atoms with E-state index in [1.165, 1.54) is 12.3 Å². The van der Waals surface area contributed by atoms with Crippen LogP contribution < -0.4 is 0 Å². The zero-order chi connectivity index (χ0) is 6.69. The van der Waals surface area contributed by atoms with Crippen molar-refractivity contribution in [1.29, 1.82) is 5.26 Å². The first-order valence-electron chi connectivity index (χ1n) is 2.45. The van der Waals surface area contributed by atoms with E-state index in [-0.39, 0.29) is 12.4 Å². The molecule has 0 spiro atoms. The Kier molecular flexibility index (Phi) is 1.52. The third-order valence-corrected chi connectivity index (χ3v) is 0.947. The molecular weight excluding hydrogens is 118 g/mol. The van der Waals surface area contributed by atoms with E-state index in [2.05, 4.69) is 4.42 Å². The highest BCUT2D eigenvalue weighted by Crippen LogP contribution is 2.04. The van der Waals surface area contributed by atoms with Crippen molar-refractivity contribution in [1.82, 2.24) is 0 Å². The van der Waals surface area contributed by atoms with Gasteiger partial charge in [-0.1, -0.05) is 0 Å². The Morgan fingerprint density at radius 2 is 2.56 bits per heavy atom. The number of nitriles is 1. The Labute approximate surface area is 52.1 Å². The molecule has 0 aromatic carbocycles. The van der Waals surface area contributed by atoms with E-state index in [0.717, 1.165) is 0 Å². The number of aliphatic hydroxyl groups is 1. The Morgan fingerprint density at radius 3 is 2.89 bits per heavy atom. The third kappa shape index (κ3) is 1.09. The van der Waals surface area contributed by atoms with Gasteiger partial charge in [-0.2, -0.15) is 5.26 Å². The van der Waals surface area contributed by atoms with Crippen LogP contribution in [0.4, 0.5) is 0 Å². The van der Waals surface area contributed by atoms with Crippen molar-refractivity contribution in [2.24, 2.45) is 0 Å². The summed E-state index contributed by atoms with van der Waals surface area (Å²) in [6.45, 7) is -0.0782. The van der Waals surface area contributed by atoms with Gasteiger partial charge in [0, 0.05) is 11.6 Å². The summed E-state index contributed by atoms with van der Waals surface area (Å²) in [5, 5.41) is 16.7. The molecule has 0 saturated carbocycles. The van der Waals surface area contributed by atoms with Gasteiger partial charge >= 0.3 is 0 Å². The lowest BCUT2D eigenvalue weighted by Crippen LogP contribution is -1.73. The molecule has 3 nitrogen and oxygen atoms in total. The Hall–Kier alpha value is -1.27. The van der Waals surface area contributed by atoms with Crippen LogP contribution in [0, 0.1) is 11.3 Å². The van der Waals surface area contributed by atoms with Gasteiger partial charge in [0.2, 0.25) is 5.76 Å². The fraction of sp³-hybridized carbons (Fsp3) is 0.167. The summed E-state index contributed by atoms with van der Waals surface area (Å²) in [5.41, 5.74) is 0.631. The van der Waals surface area contributed by atoms with Crippen molar-refractivity contribution in [3.8, 4) is 6.07 Å². The van der Waals surface area contributed by atoms with Crippen molar-refractivity contribution < 1.29 is 9.52 Å². The lowest BCUT2D eigenvalue weighted by Gasteiger charge is -1.77. The van der Waals surface area contributed by atoms with E-state index in [1.807, 2.05) is 0 Å². The van der Waals surface area contributed by atoms with Gasteiger partial charge < -0.3 is 9.52 Å². The van der Waals surface area contributed by atoms with Crippen LogP contribution in [0.5, 0.6) is 0 Å². The highest BCUT2D eigenvalue weighted by atomic mass is 16.3. The van der Waals surface area contributed by atoms with Crippen molar-refractivity contribution in [3.63, 3.8) is 0 Å². The van der Waals surface area contributed by atoms with Crippen LogP contribution in [0.3, 0.4) is 0 Å². The predicted octanol–water partition coefficient (Wildman–Crippen LogP) is 0.644. The molecule has 1 N–H and O–H groups in total. The van der Waals surface area contributed by atoms with Gasteiger partial charge in [-0.05, 0) is 0 Å². The molecule has 0 aliphatic heterocycles. The Bertz CT molecular complexity index is 233. The summed E-state index contributed by atoms with van der Waals surface area (Å²) in [4.78, 5) is 0. The van der Waals surface area contributed by atoms with Gasteiger partial charge in [0.15, 0.2) is 0 Å². The largest absolute Gasteiger partial charge is 0.453 e. The maximum atomic E-state index is 8.48. The van der Waals surface area contributed by atoms with Crippen LogP contribution >= 0.6 is 0 Å². The summed E-state index contributed by atoms with van der Waals surface area (Å²) >= 11 is 0. The van der Waals surface area contributed by atoms with Crippen LogP contribution in [0.2, 0.25) is 0 Å². The predicted molar refractivity (Wildman–Crippen MR) is 29.3 cm³/mol.